The van der Waals surface area contributed by atoms with Crippen LogP contribution in [0, 0.1) is 6.92 Å². The topological polar surface area (TPSA) is 81.1 Å². The number of ether oxygens (including phenoxy) is 1. The van der Waals surface area contributed by atoms with Crippen molar-refractivity contribution in [3.8, 4) is 5.82 Å². The molecule has 1 atom stereocenters. The molecule has 0 aromatic carbocycles. The molecule has 2 N–H and O–H groups in total. The highest BCUT2D eigenvalue weighted by atomic mass is 16.5. The van der Waals surface area contributed by atoms with E-state index in [4.69, 9.17) is 4.74 Å². The number of rotatable bonds is 6. The third kappa shape index (κ3) is 4.45. The highest BCUT2D eigenvalue weighted by Gasteiger charge is 2.42. The summed E-state index contributed by atoms with van der Waals surface area (Å²) in [7, 11) is 0. The van der Waals surface area contributed by atoms with E-state index in [2.05, 4.69) is 27.6 Å². The summed E-state index contributed by atoms with van der Waals surface area (Å²) in [6, 6.07) is 3.74. The number of aryl methyl sites for hydroxylation is 1. The highest BCUT2D eigenvalue weighted by Crippen LogP contribution is 2.43. The molecule has 2 aliphatic rings. The number of nitrogens with zero attached hydrogens (tertiary/aromatic N) is 3. The molecule has 1 aliphatic heterocycles. The Morgan fingerprint density at radius 3 is 2.93 bits per heavy atom. The average molecular weight is 398 g/mol. The van der Waals surface area contributed by atoms with Gasteiger partial charge in [-0.1, -0.05) is 26.2 Å². The number of carbonyl (C=O) groups excluding carboxylic acids is 1. The zero-order valence-corrected chi connectivity index (χ0v) is 17.4. The molecule has 2 fully saturated rings. The summed E-state index contributed by atoms with van der Waals surface area (Å²) in [4.78, 5) is 16.9. The summed E-state index contributed by atoms with van der Waals surface area (Å²) in [5.41, 5.74) is 2.91. The summed E-state index contributed by atoms with van der Waals surface area (Å²) in [5.74, 6) is 0.767. The van der Waals surface area contributed by atoms with Gasteiger partial charge in [0.15, 0.2) is 5.82 Å². The number of aromatic nitrogens is 3. The number of carbonyl (C=O) groups is 1. The fraction of sp³-hybridized carbons (Fsp3) is 0.591. The molecule has 7 nitrogen and oxygen atoms in total. The second-order valence-electron chi connectivity index (χ2n) is 8.36. The van der Waals surface area contributed by atoms with E-state index in [-0.39, 0.29) is 17.7 Å². The van der Waals surface area contributed by atoms with Crippen LogP contribution >= 0.6 is 0 Å². The summed E-state index contributed by atoms with van der Waals surface area (Å²) < 4.78 is 8.09. The van der Waals surface area contributed by atoms with Gasteiger partial charge in [0, 0.05) is 12.7 Å². The maximum Gasteiger partial charge on any atom is 0.319 e. The monoisotopic (exact) mass is 397 g/mol. The predicted octanol–water partition coefficient (Wildman–Crippen LogP) is 4.14. The first-order valence-electron chi connectivity index (χ1n) is 10.8. The van der Waals surface area contributed by atoms with Gasteiger partial charge in [-0.05, 0) is 56.7 Å². The smallest absolute Gasteiger partial charge is 0.319 e. The van der Waals surface area contributed by atoms with E-state index >= 15 is 0 Å². The minimum Gasteiger partial charge on any atom is -0.370 e. The quantitative estimate of drug-likeness (QED) is 0.767. The Bertz CT molecular complexity index is 857. The van der Waals surface area contributed by atoms with E-state index in [0.29, 0.717) is 6.54 Å². The summed E-state index contributed by atoms with van der Waals surface area (Å²) in [5, 5.41) is 10.4. The molecule has 4 rings (SSSR count). The molecule has 2 aromatic rings. The number of amides is 2. The summed E-state index contributed by atoms with van der Waals surface area (Å²) in [6.07, 6.45) is 12.4. The van der Waals surface area contributed by atoms with Crippen molar-refractivity contribution in [1.82, 2.24) is 20.1 Å². The molecule has 1 unspecified atom stereocenters. The van der Waals surface area contributed by atoms with Crippen LogP contribution in [0.25, 0.3) is 5.82 Å². The van der Waals surface area contributed by atoms with Gasteiger partial charge in [-0.15, -0.1) is 0 Å². The van der Waals surface area contributed by atoms with E-state index < -0.39 is 0 Å². The molecule has 7 heteroatoms. The Labute approximate surface area is 172 Å². The van der Waals surface area contributed by atoms with Gasteiger partial charge in [-0.25, -0.2) is 14.5 Å². The summed E-state index contributed by atoms with van der Waals surface area (Å²) in [6.45, 7) is 4.69. The Morgan fingerprint density at radius 2 is 2.17 bits per heavy atom. The lowest BCUT2D eigenvalue weighted by Crippen LogP contribution is -2.36. The second-order valence-corrected chi connectivity index (χ2v) is 8.36. The molecular formula is C22H31N5O2. The molecule has 3 heterocycles. The van der Waals surface area contributed by atoms with Crippen LogP contribution in [0.15, 0.2) is 24.5 Å². The molecule has 29 heavy (non-hydrogen) atoms. The Hall–Kier alpha value is -2.41. The molecule has 0 radical (unpaired) electrons. The molecule has 1 saturated heterocycles. The number of urea groups is 1. The zero-order valence-electron chi connectivity index (χ0n) is 17.4. The maximum atomic E-state index is 12.5. The van der Waals surface area contributed by atoms with Crippen molar-refractivity contribution in [1.29, 1.82) is 0 Å². The average Bonchev–Trinajstić information content (AvgIpc) is 3.43. The Kier molecular flexibility index (Phi) is 5.85. The van der Waals surface area contributed by atoms with E-state index in [1.165, 1.54) is 25.7 Å². The van der Waals surface area contributed by atoms with Gasteiger partial charge in [0.2, 0.25) is 0 Å². The van der Waals surface area contributed by atoms with Crippen molar-refractivity contribution in [2.75, 3.05) is 11.9 Å². The van der Waals surface area contributed by atoms with Gasteiger partial charge >= 0.3 is 6.03 Å². The van der Waals surface area contributed by atoms with Crippen LogP contribution in [0.2, 0.25) is 0 Å². The fourth-order valence-electron chi connectivity index (χ4n) is 4.59. The molecule has 2 amide bonds. The van der Waals surface area contributed by atoms with Crippen molar-refractivity contribution in [2.45, 2.75) is 76.9 Å². The molecule has 1 spiro atoms. The van der Waals surface area contributed by atoms with Crippen molar-refractivity contribution in [2.24, 2.45) is 0 Å². The Balaban J connectivity index is 1.38. The molecular weight excluding hydrogens is 366 g/mol. The van der Waals surface area contributed by atoms with Crippen molar-refractivity contribution in [3.63, 3.8) is 0 Å². The second kappa shape index (κ2) is 8.53. The first kappa shape index (κ1) is 19.9. The van der Waals surface area contributed by atoms with Crippen molar-refractivity contribution in [3.05, 3.63) is 35.8 Å². The number of nitrogens with one attached hydrogen (secondary N) is 2. The zero-order chi connectivity index (χ0) is 20.3. The molecule has 0 bridgehead atoms. The number of hydrogen-bond acceptors (Lipinski definition) is 4. The highest BCUT2D eigenvalue weighted by molar-refractivity contribution is 5.89. The third-order valence-electron chi connectivity index (χ3n) is 6.07. The SMILES string of the molecule is CCCc1c(NC(=O)NCC2CCC3(CCCC3)O2)cnn1-c1cc(C)ccn1. The first-order chi connectivity index (χ1) is 14.1. The minimum absolute atomic E-state index is 0.0963. The van der Waals surface area contributed by atoms with Gasteiger partial charge in [-0.3, -0.25) is 0 Å². The fourth-order valence-corrected chi connectivity index (χ4v) is 4.59. The van der Waals surface area contributed by atoms with Gasteiger partial charge < -0.3 is 15.4 Å². The number of hydrogen-bond donors (Lipinski definition) is 2. The molecule has 1 saturated carbocycles. The van der Waals surface area contributed by atoms with Crippen LogP contribution in [0.5, 0.6) is 0 Å². The normalized spacial score (nSPS) is 20.3. The Morgan fingerprint density at radius 1 is 1.34 bits per heavy atom. The lowest BCUT2D eigenvalue weighted by Gasteiger charge is -2.23. The summed E-state index contributed by atoms with van der Waals surface area (Å²) >= 11 is 0. The lowest BCUT2D eigenvalue weighted by atomic mass is 9.98. The first-order valence-corrected chi connectivity index (χ1v) is 10.8. The van der Waals surface area contributed by atoms with Gasteiger partial charge in [0.05, 0.1) is 29.3 Å². The number of pyridine rings is 1. The predicted molar refractivity (Wildman–Crippen MR) is 112 cm³/mol. The maximum absolute atomic E-state index is 12.5. The standard InChI is InChI=1S/C22H31N5O2/c1-3-6-19-18(15-25-27(19)20-13-16(2)8-12-23-20)26-21(28)24-14-17-7-11-22(29-17)9-4-5-10-22/h8,12-13,15,17H,3-7,9-11,14H2,1-2H3,(H2,24,26,28). The van der Waals surface area contributed by atoms with Crippen LogP contribution in [0.1, 0.15) is 63.1 Å². The van der Waals surface area contributed by atoms with E-state index in [0.717, 1.165) is 48.4 Å². The van der Waals surface area contributed by atoms with E-state index in [1.807, 2.05) is 23.7 Å². The van der Waals surface area contributed by atoms with Gasteiger partial charge in [0.1, 0.15) is 0 Å². The van der Waals surface area contributed by atoms with Crippen molar-refractivity contribution < 1.29 is 9.53 Å². The van der Waals surface area contributed by atoms with Crippen LogP contribution in [0.4, 0.5) is 10.5 Å². The van der Waals surface area contributed by atoms with Gasteiger partial charge in [-0.2, -0.15) is 5.10 Å². The third-order valence-corrected chi connectivity index (χ3v) is 6.07. The van der Waals surface area contributed by atoms with Crippen molar-refractivity contribution >= 4 is 11.7 Å². The van der Waals surface area contributed by atoms with Crippen LogP contribution in [0.3, 0.4) is 0 Å². The van der Waals surface area contributed by atoms with E-state index in [9.17, 15) is 4.79 Å². The molecule has 2 aromatic heterocycles. The van der Waals surface area contributed by atoms with E-state index in [1.54, 1.807) is 12.4 Å². The lowest BCUT2D eigenvalue weighted by molar-refractivity contribution is -0.0340. The largest absolute Gasteiger partial charge is 0.370 e. The number of anilines is 1. The van der Waals surface area contributed by atoms with Crippen LogP contribution in [-0.4, -0.2) is 39.0 Å². The van der Waals surface area contributed by atoms with Gasteiger partial charge in [0.25, 0.3) is 0 Å². The van der Waals surface area contributed by atoms with Crippen LogP contribution < -0.4 is 10.6 Å². The van der Waals surface area contributed by atoms with Crippen LogP contribution in [-0.2, 0) is 11.2 Å². The minimum atomic E-state index is -0.213. The molecule has 156 valence electrons. The molecule has 1 aliphatic carbocycles.